The number of nitrogens with zero attached hydrogens (tertiary/aromatic N) is 4. The van der Waals surface area contributed by atoms with Gasteiger partial charge in [0.25, 0.3) is 5.91 Å². The summed E-state index contributed by atoms with van der Waals surface area (Å²) in [4.78, 5) is 11.8. The summed E-state index contributed by atoms with van der Waals surface area (Å²) in [7, 11) is -3.19. The molecule has 1 amide bonds. The zero-order valence-electron chi connectivity index (χ0n) is 12.3. The van der Waals surface area contributed by atoms with Crippen molar-refractivity contribution in [3.8, 4) is 0 Å². The molecule has 1 heterocycles. The molecule has 0 bridgehead atoms. The number of amides is 1. The van der Waals surface area contributed by atoms with E-state index in [0.29, 0.717) is 39.1 Å². The number of carbonyl (C=O) groups is 1. The van der Waals surface area contributed by atoms with Crippen LogP contribution in [-0.2, 0) is 16.6 Å². The standard InChI is InChI=1S/C11H22N6O3S/c1-3-17(21(2,19)20)7-4-6-13-11(18)10-9-16(8-5-12)15-14-10/h9H,3-8,12H2,1-2H3,(H,13,18). The van der Waals surface area contributed by atoms with Crippen LogP contribution in [0.1, 0.15) is 23.8 Å². The van der Waals surface area contributed by atoms with Gasteiger partial charge in [-0.05, 0) is 6.42 Å². The molecule has 0 aliphatic heterocycles. The molecule has 0 unspecified atom stereocenters. The summed E-state index contributed by atoms with van der Waals surface area (Å²) in [6.45, 7) is 3.85. The van der Waals surface area contributed by atoms with Gasteiger partial charge < -0.3 is 11.1 Å². The number of nitrogens with two attached hydrogens (primary N) is 1. The third-order valence-electron chi connectivity index (χ3n) is 2.82. The topological polar surface area (TPSA) is 123 Å². The van der Waals surface area contributed by atoms with Crippen LogP contribution < -0.4 is 11.1 Å². The van der Waals surface area contributed by atoms with Gasteiger partial charge in [0.05, 0.1) is 19.0 Å². The van der Waals surface area contributed by atoms with Crippen LogP contribution in [0.5, 0.6) is 0 Å². The molecule has 9 nitrogen and oxygen atoms in total. The van der Waals surface area contributed by atoms with Crippen molar-refractivity contribution >= 4 is 15.9 Å². The number of aromatic nitrogens is 3. The fraction of sp³-hybridized carbons (Fsp3) is 0.727. The molecule has 120 valence electrons. The predicted octanol–water partition coefficient (Wildman–Crippen LogP) is -1.36. The Balaban J connectivity index is 2.36. The molecule has 0 aliphatic carbocycles. The fourth-order valence-electron chi connectivity index (χ4n) is 1.75. The quantitative estimate of drug-likeness (QED) is 0.542. The van der Waals surface area contributed by atoms with Crippen LogP contribution in [-0.4, -0.2) is 66.1 Å². The lowest BCUT2D eigenvalue weighted by atomic mass is 10.4. The minimum Gasteiger partial charge on any atom is -0.351 e. The Morgan fingerprint density at radius 3 is 2.81 bits per heavy atom. The predicted molar refractivity (Wildman–Crippen MR) is 78.1 cm³/mol. The number of hydrogen-bond donors (Lipinski definition) is 2. The molecule has 0 aliphatic rings. The van der Waals surface area contributed by atoms with Crippen molar-refractivity contribution < 1.29 is 13.2 Å². The van der Waals surface area contributed by atoms with E-state index in [1.165, 1.54) is 21.4 Å². The highest BCUT2D eigenvalue weighted by molar-refractivity contribution is 7.88. The largest absolute Gasteiger partial charge is 0.351 e. The zero-order valence-corrected chi connectivity index (χ0v) is 13.1. The molecule has 0 fully saturated rings. The second kappa shape index (κ2) is 8.05. The first-order valence-corrected chi connectivity index (χ1v) is 8.56. The van der Waals surface area contributed by atoms with Crippen LogP contribution in [0, 0.1) is 0 Å². The second-order valence-corrected chi connectivity index (χ2v) is 6.50. The van der Waals surface area contributed by atoms with Crippen molar-refractivity contribution in [2.24, 2.45) is 5.73 Å². The summed E-state index contributed by atoms with van der Waals surface area (Å²) in [6, 6.07) is 0. The Labute approximate surface area is 124 Å². The van der Waals surface area contributed by atoms with Crippen molar-refractivity contribution in [1.29, 1.82) is 0 Å². The summed E-state index contributed by atoms with van der Waals surface area (Å²) in [5.41, 5.74) is 5.60. The number of sulfonamides is 1. The Morgan fingerprint density at radius 2 is 2.24 bits per heavy atom. The molecule has 21 heavy (non-hydrogen) atoms. The average molecular weight is 318 g/mol. The molecule has 0 spiro atoms. The van der Waals surface area contributed by atoms with Gasteiger partial charge in [-0.3, -0.25) is 9.48 Å². The van der Waals surface area contributed by atoms with Crippen LogP contribution in [0.2, 0.25) is 0 Å². The summed E-state index contributed by atoms with van der Waals surface area (Å²) in [5, 5.41) is 10.2. The molecule has 0 radical (unpaired) electrons. The first kappa shape index (κ1) is 17.5. The summed E-state index contributed by atoms with van der Waals surface area (Å²) < 4.78 is 25.6. The number of hydrogen-bond acceptors (Lipinski definition) is 6. The van der Waals surface area contributed by atoms with Crippen molar-refractivity contribution in [2.45, 2.75) is 19.9 Å². The molecule has 0 aromatic carbocycles. The third kappa shape index (κ3) is 5.78. The van der Waals surface area contributed by atoms with Crippen LogP contribution in [0.15, 0.2) is 6.20 Å². The van der Waals surface area contributed by atoms with Crippen LogP contribution >= 0.6 is 0 Å². The normalized spacial score (nSPS) is 11.8. The van der Waals surface area contributed by atoms with Gasteiger partial charge in [0, 0.05) is 26.2 Å². The van der Waals surface area contributed by atoms with Crippen molar-refractivity contribution in [1.82, 2.24) is 24.6 Å². The maximum absolute atomic E-state index is 11.8. The van der Waals surface area contributed by atoms with E-state index in [2.05, 4.69) is 15.6 Å². The van der Waals surface area contributed by atoms with E-state index >= 15 is 0 Å². The minimum absolute atomic E-state index is 0.221. The Morgan fingerprint density at radius 1 is 1.52 bits per heavy atom. The van der Waals surface area contributed by atoms with E-state index in [9.17, 15) is 13.2 Å². The van der Waals surface area contributed by atoms with Gasteiger partial charge in [-0.2, -0.15) is 0 Å². The molecule has 3 N–H and O–H groups in total. The SMILES string of the molecule is CCN(CCCNC(=O)c1cn(CCN)nn1)S(C)(=O)=O. The third-order valence-corrected chi connectivity index (χ3v) is 4.20. The second-order valence-electron chi connectivity index (χ2n) is 4.52. The zero-order chi connectivity index (χ0) is 15.9. The maximum atomic E-state index is 11.8. The monoisotopic (exact) mass is 318 g/mol. The van der Waals surface area contributed by atoms with E-state index < -0.39 is 10.0 Å². The van der Waals surface area contributed by atoms with E-state index in [1.807, 2.05) is 0 Å². The van der Waals surface area contributed by atoms with E-state index in [4.69, 9.17) is 5.73 Å². The summed E-state index contributed by atoms with van der Waals surface area (Å²) >= 11 is 0. The maximum Gasteiger partial charge on any atom is 0.273 e. The van der Waals surface area contributed by atoms with Gasteiger partial charge in [0.2, 0.25) is 10.0 Å². The molecular weight excluding hydrogens is 296 g/mol. The van der Waals surface area contributed by atoms with Crippen LogP contribution in [0.25, 0.3) is 0 Å². The van der Waals surface area contributed by atoms with Gasteiger partial charge in [-0.15, -0.1) is 5.10 Å². The van der Waals surface area contributed by atoms with Crippen LogP contribution in [0.3, 0.4) is 0 Å². The highest BCUT2D eigenvalue weighted by atomic mass is 32.2. The summed E-state index contributed by atoms with van der Waals surface area (Å²) in [6.07, 6.45) is 3.23. The first-order valence-electron chi connectivity index (χ1n) is 6.72. The lowest BCUT2D eigenvalue weighted by Gasteiger charge is -2.17. The van der Waals surface area contributed by atoms with Gasteiger partial charge >= 0.3 is 0 Å². The molecule has 10 heteroatoms. The molecule has 1 rings (SSSR count). The number of carbonyl (C=O) groups excluding carboxylic acids is 1. The average Bonchev–Trinajstić information content (AvgIpc) is 2.86. The number of nitrogens with one attached hydrogen (secondary N) is 1. The minimum atomic E-state index is -3.19. The van der Waals surface area contributed by atoms with Gasteiger partial charge in [-0.1, -0.05) is 12.1 Å². The Bertz CT molecular complexity index is 556. The fourth-order valence-corrected chi connectivity index (χ4v) is 2.68. The van der Waals surface area contributed by atoms with Gasteiger partial charge in [0.15, 0.2) is 5.69 Å². The lowest BCUT2D eigenvalue weighted by molar-refractivity contribution is 0.0947. The van der Waals surface area contributed by atoms with Crippen molar-refractivity contribution in [3.05, 3.63) is 11.9 Å². The summed E-state index contributed by atoms with van der Waals surface area (Å²) in [5.74, 6) is -0.333. The molecule has 1 aromatic heterocycles. The molecule has 0 saturated heterocycles. The van der Waals surface area contributed by atoms with Gasteiger partial charge in [-0.25, -0.2) is 12.7 Å². The van der Waals surface area contributed by atoms with Crippen LogP contribution in [0.4, 0.5) is 0 Å². The first-order chi connectivity index (χ1) is 9.88. The highest BCUT2D eigenvalue weighted by Crippen LogP contribution is 1.99. The molecule has 1 aromatic rings. The van der Waals surface area contributed by atoms with E-state index in [1.54, 1.807) is 6.92 Å². The van der Waals surface area contributed by atoms with Gasteiger partial charge in [0.1, 0.15) is 0 Å². The Kier molecular flexibility index (Phi) is 6.72. The molecule has 0 saturated carbocycles. The van der Waals surface area contributed by atoms with Crippen molar-refractivity contribution in [3.63, 3.8) is 0 Å². The van der Waals surface area contributed by atoms with E-state index in [-0.39, 0.29) is 11.6 Å². The Hall–Kier alpha value is -1.52. The molecular formula is C11H22N6O3S. The van der Waals surface area contributed by atoms with Crippen molar-refractivity contribution in [2.75, 3.05) is 32.4 Å². The number of rotatable bonds is 9. The smallest absolute Gasteiger partial charge is 0.273 e. The lowest BCUT2D eigenvalue weighted by Crippen LogP contribution is -2.33. The molecule has 0 atom stereocenters. The highest BCUT2D eigenvalue weighted by Gasteiger charge is 2.14. The van der Waals surface area contributed by atoms with E-state index in [0.717, 1.165) is 0 Å².